The minimum absolute atomic E-state index is 0.0277. The van der Waals surface area contributed by atoms with Gasteiger partial charge in [0.05, 0.1) is 19.2 Å². The zero-order valence-electron chi connectivity index (χ0n) is 19.2. The number of rotatable bonds is 9. The number of anilines is 2. The number of carbonyl (C=O) groups is 1. The Morgan fingerprint density at radius 3 is 2.22 bits per heavy atom. The van der Waals surface area contributed by atoms with E-state index in [2.05, 4.69) is 25.4 Å². The maximum absolute atomic E-state index is 12.3. The molecule has 3 aromatic carbocycles. The van der Waals surface area contributed by atoms with Crippen LogP contribution < -0.4 is 24.8 Å². The van der Waals surface area contributed by atoms with Crippen LogP contribution in [0.1, 0.15) is 0 Å². The Kier molecular flexibility index (Phi) is 7.77. The van der Waals surface area contributed by atoms with Gasteiger partial charge in [0.1, 0.15) is 36.2 Å². The molecule has 10 nitrogen and oxygen atoms in total. The number of hydrogen-bond acceptors (Lipinski definition) is 7. The number of methoxy groups -OCH3 is 1. The second-order valence-electron chi connectivity index (χ2n) is 7.37. The molecule has 36 heavy (non-hydrogen) atoms. The molecule has 0 aliphatic heterocycles. The minimum Gasteiger partial charge on any atom is -0.502 e. The van der Waals surface area contributed by atoms with Gasteiger partial charge in [0.25, 0.3) is 0 Å². The van der Waals surface area contributed by atoms with Crippen LogP contribution in [0.25, 0.3) is 15.7 Å². The monoisotopic (exact) mass is 486 g/mol. The van der Waals surface area contributed by atoms with E-state index in [9.17, 15) is 4.79 Å². The summed E-state index contributed by atoms with van der Waals surface area (Å²) in [7, 11) is 1.58. The Balaban J connectivity index is 1.44. The number of hydrogen-bond donors (Lipinski definition) is 3. The van der Waals surface area contributed by atoms with Gasteiger partial charge in [-0.3, -0.25) is 10.2 Å². The molecule has 0 aliphatic carbocycles. The number of carbonyl (C=O) groups excluding carboxylic acids is 1. The normalized spacial score (nSPS) is 10.4. The second-order valence-corrected chi connectivity index (χ2v) is 7.37. The van der Waals surface area contributed by atoms with Crippen molar-refractivity contribution in [3.8, 4) is 23.0 Å². The molecule has 4 rings (SSSR count). The van der Waals surface area contributed by atoms with E-state index in [-0.39, 0.29) is 24.9 Å². The van der Waals surface area contributed by atoms with Crippen LogP contribution in [-0.2, 0) is 4.89 Å². The average molecular weight is 486 g/mol. The van der Waals surface area contributed by atoms with Gasteiger partial charge < -0.3 is 24.8 Å². The van der Waals surface area contributed by atoms with Gasteiger partial charge in [-0.1, -0.05) is 0 Å². The molecular formula is C26H22N4O6. The number of nitrogens with one attached hydrogen (secondary N) is 2. The average Bonchev–Trinajstić information content (AvgIpc) is 2.90. The van der Waals surface area contributed by atoms with Crippen LogP contribution >= 0.6 is 0 Å². The summed E-state index contributed by atoms with van der Waals surface area (Å²) < 4.78 is 16.6. The van der Waals surface area contributed by atoms with Gasteiger partial charge >= 0.3 is 6.03 Å². The molecule has 0 radical (unpaired) electrons. The molecule has 182 valence electrons. The highest BCUT2D eigenvalue weighted by atomic mass is 17.1. The summed E-state index contributed by atoms with van der Waals surface area (Å²) in [6.07, 6.45) is 1.59. The van der Waals surface area contributed by atoms with E-state index in [1.807, 2.05) is 0 Å². The number of pyridine rings is 1. The van der Waals surface area contributed by atoms with Gasteiger partial charge in [-0.25, -0.2) is 14.5 Å². The first-order chi connectivity index (χ1) is 17.6. The van der Waals surface area contributed by atoms with Crippen molar-refractivity contribution in [2.24, 2.45) is 0 Å². The standard InChI is InChI=1S/C26H22N4O6/c1-27-23-15-21-22(16-25(23)34-13-14-35-32)28-12-11-24(21)36-20-9-5-18(6-10-20)30-26(31)29-17-3-7-19(33-2)8-4-17/h3-12,15-16,32H,13-14H2,2H3,(H2,29,30,31). The first kappa shape index (κ1) is 24.3. The summed E-state index contributed by atoms with van der Waals surface area (Å²) in [6, 6.07) is 18.5. The van der Waals surface area contributed by atoms with Crippen molar-refractivity contribution in [3.05, 3.63) is 84.3 Å². The third-order valence-electron chi connectivity index (χ3n) is 5.02. The van der Waals surface area contributed by atoms with Gasteiger partial charge in [-0.15, -0.1) is 0 Å². The summed E-state index contributed by atoms with van der Waals surface area (Å²) >= 11 is 0. The fourth-order valence-electron chi connectivity index (χ4n) is 3.32. The molecule has 0 bridgehead atoms. The number of fused-ring (bicyclic) bond motifs is 1. The Morgan fingerprint density at radius 2 is 1.61 bits per heavy atom. The van der Waals surface area contributed by atoms with Gasteiger partial charge in [0.2, 0.25) is 5.69 Å². The van der Waals surface area contributed by atoms with Gasteiger partial charge in [-0.05, 0) is 66.7 Å². The first-order valence-electron chi connectivity index (χ1n) is 10.8. The molecule has 0 unspecified atom stereocenters. The number of amides is 2. The summed E-state index contributed by atoms with van der Waals surface area (Å²) in [5, 5.41) is 14.6. The van der Waals surface area contributed by atoms with Crippen LogP contribution in [0.3, 0.4) is 0 Å². The van der Waals surface area contributed by atoms with Gasteiger partial charge in [0, 0.05) is 23.0 Å². The van der Waals surface area contributed by atoms with E-state index in [1.165, 1.54) is 0 Å². The summed E-state index contributed by atoms with van der Waals surface area (Å²) in [6.45, 7) is 7.51. The van der Waals surface area contributed by atoms with E-state index in [0.29, 0.717) is 45.3 Å². The molecule has 1 aromatic heterocycles. The van der Waals surface area contributed by atoms with Crippen molar-refractivity contribution in [1.82, 2.24) is 4.98 Å². The number of nitrogens with zero attached hydrogens (tertiary/aromatic N) is 2. The smallest absolute Gasteiger partial charge is 0.323 e. The molecule has 1 heterocycles. The maximum atomic E-state index is 12.3. The predicted octanol–water partition coefficient (Wildman–Crippen LogP) is 6.10. The lowest BCUT2D eigenvalue weighted by atomic mass is 10.1. The highest BCUT2D eigenvalue weighted by Crippen LogP contribution is 2.37. The Morgan fingerprint density at radius 1 is 0.944 bits per heavy atom. The van der Waals surface area contributed by atoms with E-state index >= 15 is 0 Å². The van der Waals surface area contributed by atoms with Crippen molar-refractivity contribution in [2.45, 2.75) is 0 Å². The van der Waals surface area contributed by atoms with Crippen molar-refractivity contribution in [2.75, 3.05) is 31.0 Å². The minimum atomic E-state index is -0.385. The third kappa shape index (κ3) is 5.98. The van der Waals surface area contributed by atoms with E-state index in [1.54, 1.807) is 80.0 Å². The quantitative estimate of drug-likeness (QED) is 0.113. The fourth-order valence-corrected chi connectivity index (χ4v) is 3.32. The van der Waals surface area contributed by atoms with Crippen LogP contribution in [0.4, 0.5) is 21.9 Å². The predicted molar refractivity (Wildman–Crippen MR) is 134 cm³/mol. The van der Waals surface area contributed by atoms with Crippen LogP contribution in [0.5, 0.6) is 23.0 Å². The van der Waals surface area contributed by atoms with Crippen molar-refractivity contribution in [3.63, 3.8) is 0 Å². The van der Waals surface area contributed by atoms with E-state index < -0.39 is 0 Å². The molecule has 3 N–H and O–H groups in total. The van der Waals surface area contributed by atoms with Crippen LogP contribution in [-0.4, -0.2) is 36.6 Å². The second kappa shape index (κ2) is 11.5. The highest BCUT2D eigenvalue weighted by molar-refractivity contribution is 5.99. The molecule has 10 heteroatoms. The van der Waals surface area contributed by atoms with E-state index in [0.717, 1.165) is 0 Å². The van der Waals surface area contributed by atoms with Crippen LogP contribution in [0.15, 0.2) is 72.9 Å². The molecule has 4 aromatic rings. The fraction of sp³-hybridized carbons (Fsp3) is 0.115. The molecule has 0 spiro atoms. The molecule has 0 fully saturated rings. The Hall–Kier alpha value is -4.85. The zero-order chi connectivity index (χ0) is 25.3. The van der Waals surface area contributed by atoms with Crippen molar-refractivity contribution >= 4 is 34.0 Å². The molecule has 0 saturated heterocycles. The molecule has 2 amide bonds. The van der Waals surface area contributed by atoms with Crippen LogP contribution in [0, 0.1) is 6.57 Å². The largest absolute Gasteiger partial charge is 0.502 e. The van der Waals surface area contributed by atoms with Crippen molar-refractivity contribution in [1.29, 1.82) is 0 Å². The number of benzene rings is 3. The number of urea groups is 1. The molecule has 0 aliphatic rings. The van der Waals surface area contributed by atoms with Crippen LogP contribution in [0.2, 0.25) is 0 Å². The molecule has 0 atom stereocenters. The molecule has 0 saturated carbocycles. The maximum Gasteiger partial charge on any atom is 0.323 e. The summed E-state index contributed by atoms with van der Waals surface area (Å²) in [4.78, 5) is 24.1. The third-order valence-corrected chi connectivity index (χ3v) is 5.02. The van der Waals surface area contributed by atoms with Gasteiger partial charge in [-0.2, -0.15) is 0 Å². The lowest BCUT2D eigenvalue weighted by molar-refractivity contribution is -0.245. The zero-order valence-corrected chi connectivity index (χ0v) is 19.2. The SMILES string of the molecule is [C-]#[N+]c1cc2c(Oc3ccc(NC(=O)Nc4ccc(OC)cc4)cc3)ccnc2cc1OCCOO. The summed E-state index contributed by atoms with van der Waals surface area (Å²) in [5.74, 6) is 2.08. The summed E-state index contributed by atoms with van der Waals surface area (Å²) in [5.41, 5.74) is 2.07. The van der Waals surface area contributed by atoms with Gasteiger partial charge in [0.15, 0.2) is 0 Å². The van der Waals surface area contributed by atoms with Crippen molar-refractivity contribution < 1.29 is 29.1 Å². The lowest BCUT2D eigenvalue weighted by Gasteiger charge is -2.12. The van der Waals surface area contributed by atoms with E-state index in [4.69, 9.17) is 26.0 Å². The number of ether oxygens (including phenoxy) is 3. The first-order valence-corrected chi connectivity index (χ1v) is 10.8. The Bertz CT molecular complexity index is 1380. The molecular weight excluding hydrogens is 464 g/mol. The number of aromatic nitrogens is 1. The lowest BCUT2D eigenvalue weighted by Crippen LogP contribution is -2.19. The topological polar surface area (TPSA) is 116 Å². The Labute approximate surface area is 206 Å². The highest BCUT2D eigenvalue weighted by Gasteiger charge is 2.12.